The number of aromatic nitrogens is 2. The first-order valence-electron chi connectivity index (χ1n) is 8.93. The second-order valence-corrected chi connectivity index (χ2v) is 7.89. The van der Waals surface area contributed by atoms with Gasteiger partial charge in [-0.25, -0.2) is 13.8 Å². The second kappa shape index (κ2) is 7.71. The summed E-state index contributed by atoms with van der Waals surface area (Å²) < 4.78 is 34.5. The summed E-state index contributed by atoms with van der Waals surface area (Å²) in [7, 11) is 2.02. The summed E-state index contributed by atoms with van der Waals surface area (Å²) in [4.78, 5) is 4.74. The summed E-state index contributed by atoms with van der Waals surface area (Å²) in [6.45, 7) is -0.293. The van der Waals surface area contributed by atoms with Crippen molar-refractivity contribution >= 4 is 45.1 Å². The fourth-order valence-corrected chi connectivity index (χ4v) is 4.08. The smallest absolute Gasteiger partial charge is 0.142 e. The first-order valence-corrected chi connectivity index (χ1v) is 10.0. The van der Waals surface area contributed by atoms with Gasteiger partial charge in [-0.15, -0.1) is 0 Å². The van der Waals surface area contributed by atoms with Gasteiger partial charge in [-0.3, -0.25) is 0 Å². The van der Waals surface area contributed by atoms with Crippen molar-refractivity contribution in [3.05, 3.63) is 51.0 Å². The lowest BCUT2D eigenvalue weighted by Crippen LogP contribution is -2.23. The second-order valence-electron chi connectivity index (χ2n) is 6.73. The number of hydrogen-bond donors (Lipinski definition) is 1. The molecule has 1 atom stereocenters. The number of halogens is 3. The third kappa shape index (κ3) is 3.67. The number of ether oxygens (including phenoxy) is 1. The Hall–Kier alpha value is -1.74. The SMILES string of the molecule is Cn1c2c(c3ccc(Nc4ccc(I)c(F)c4)nc31)CC(OCCF)CC2. The fourth-order valence-electron chi connectivity index (χ4n) is 3.74. The molecule has 1 aliphatic rings. The average molecular weight is 483 g/mol. The van der Waals surface area contributed by atoms with E-state index in [2.05, 4.69) is 9.88 Å². The highest BCUT2D eigenvalue weighted by Crippen LogP contribution is 2.33. The van der Waals surface area contributed by atoms with Crippen LogP contribution < -0.4 is 5.32 Å². The minimum Gasteiger partial charge on any atom is -0.375 e. The minimum atomic E-state index is -0.450. The van der Waals surface area contributed by atoms with Crippen molar-refractivity contribution < 1.29 is 13.5 Å². The molecule has 0 aliphatic heterocycles. The lowest BCUT2D eigenvalue weighted by atomic mass is 9.93. The molecule has 27 heavy (non-hydrogen) atoms. The Morgan fingerprint density at radius 2 is 2.19 bits per heavy atom. The number of alkyl halides is 1. The zero-order chi connectivity index (χ0) is 19.0. The zero-order valence-corrected chi connectivity index (χ0v) is 17.1. The zero-order valence-electron chi connectivity index (χ0n) is 14.9. The van der Waals surface area contributed by atoms with Crippen LogP contribution in [0.3, 0.4) is 0 Å². The van der Waals surface area contributed by atoms with Crippen LogP contribution in [0.25, 0.3) is 11.0 Å². The highest BCUT2D eigenvalue weighted by molar-refractivity contribution is 14.1. The number of fused-ring (bicyclic) bond motifs is 3. The normalized spacial score (nSPS) is 16.5. The topological polar surface area (TPSA) is 39.1 Å². The van der Waals surface area contributed by atoms with E-state index in [4.69, 9.17) is 9.72 Å². The van der Waals surface area contributed by atoms with E-state index >= 15 is 0 Å². The number of nitrogens with zero attached hydrogens (tertiary/aromatic N) is 2. The number of rotatable bonds is 5. The van der Waals surface area contributed by atoms with Crippen molar-refractivity contribution in [3.63, 3.8) is 0 Å². The number of hydrogen-bond acceptors (Lipinski definition) is 3. The summed E-state index contributed by atoms with van der Waals surface area (Å²) in [6, 6.07) is 8.99. The molecule has 142 valence electrons. The van der Waals surface area contributed by atoms with Gasteiger partial charge in [0.05, 0.1) is 12.7 Å². The summed E-state index contributed by atoms with van der Waals surface area (Å²) in [6.07, 6.45) is 2.63. The van der Waals surface area contributed by atoms with Crippen molar-refractivity contribution in [2.75, 3.05) is 18.6 Å². The highest BCUT2D eigenvalue weighted by Gasteiger charge is 2.25. The molecule has 0 spiro atoms. The largest absolute Gasteiger partial charge is 0.375 e. The number of pyridine rings is 1. The summed E-state index contributed by atoms with van der Waals surface area (Å²) in [5.74, 6) is 0.418. The fraction of sp³-hybridized carbons (Fsp3) is 0.350. The Morgan fingerprint density at radius 1 is 1.33 bits per heavy atom. The molecule has 4 nitrogen and oxygen atoms in total. The number of anilines is 2. The van der Waals surface area contributed by atoms with Crippen molar-refractivity contribution in [1.82, 2.24) is 9.55 Å². The van der Waals surface area contributed by atoms with E-state index < -0.39 is 6.67 Å². The molecule has 1 N–H and O–H groups in total. The summed E-state index contributed by atoms with van der Waals surface area (Å²) >= 11 is 1.97. The molecule has 0 saturated carbocycles. The lowest BCUT2D eigenvalue weighted by molar-refractivity contribution is 0.0358. The quantitative estimate of drug-likeness (QED) is 0.525. The maximum atomic E-state index is 13.8. The van der Waals surface area contributed by atoms with Crippen LogP contribution in [0.5, 0.6) is 0 Å². The maximum absolute atomic E-state index is 13.8. The Labute approximate surface area is 170 Å². The van der Waals surface area contributed by atoms with E-state index in [0.717, 1.165) is 30.3 Å². The van der Waals surface area contributed by atoms with Gasteiger partial charge in [-0.1, -0.05) is 0 Å². The van der Waals surface area contributed by atoms with Crippen LogP contribution in [0.4, 0.5) is 20.3 Å². The Morgan fingerprint density at radius 3 is 2.96 bits per heavy atom. The van der Waals surface area contributed by atoms with E-state index in [9.17, 15) is 8.78 Å². The van der Waals surface area contributed by atoms with Gasteiger partial charge in [0.1, 0.15) is 24.0 Å². The van der Waals surface area contributed by atoms with Gasteiger partial charge in [0.15, 0.2) is 0 Å². The van der Waals surface area contributed by atoms with Crippen molar-refractivity contribution in [3.8, 4) is 0 Å². The van der Waals surface area contributed by atoms with Gasteiger partial charge >= 0.3 is 0 Å². The molecular weight excluding hydrogens is 463 g/mol. The molecule has 4 rings (SSSR count). The van der Waals surface area contributed by atoms with Gasteiger partial charge < -0.3 is 14.6 Å². The Kier molecular flexibility index (Phi) is 5.32. The first-order chi connectivity index (χ1) is 13.1. The van der Waals surface area contributed by atoms with E-state index in [1.165, 1.54) is 17.3 Å². The Bertz CT molecular complexity index is 989. The van der Waals surface area contributed by atoms with Crippen LogP contribution in [0.1, 0.15) is 17.7 Å². The van der Waals surface area contributed by atoms with Gasteiger partial charge in [0.25, 0.3) is 0 Å². The first kappa shape index (κ1) is 18.6. The molecular formula is C20H20F2IN3O. The van der Waals surface area contributed by atoms with Crippen LogP contribution in [0.15, 0.2) is 30.3 Å². The molecule has 7 heteroatoms. The number of aryl methyl sites for hydroxylation is 1. The predicted octanol–water partition coefficient (Wildman–Crippen LogP) is 4.90. The van der Waals surface area contributed by atoms with Gasteiger partial charge in [-0.05, 0) is 71.3 Å². The van der Waals surface area contributed by atoms with Gasteiger partial charge in [0, 0.05) is 33.8 Å². The van der Waals surface area contributed by atoms with Crippen LogP contribution in [-0.4, -0.2) is 28.9 Å². The third-order valence-corrected chi connectivity index (χ3v) is 5.90. The van der Waals surface area contributed by atoms with Gasteiger partial charge in [-0.2, -0.15) is 0 Å². The van der Waals surface area contributed by atoms with E-state index in [0.29, 0.717) is 15.1 Å². The van der Waals surface area contributed by atoms with Crippen LogP contribution >= 0.6 is 22.6 Å². The lowest BCUT2D eigenvalue weighted by Gasteiger charge is -2.23. The van der Waals surface area contributed by atoms with E-state index in [1.807, 2.05) is 47.8 Å². The monoisotopic (exact) mass is 483 g/mol. The standard InChI is InChI=1S/C20H20F2IN3O/c1-26-18-6-3-13(27-9-8-21)11-15(18)14-4-7-19(25-20(14)26)24-12-2-5-17(23)16(22)10-12/h2,4-5,7,10,13H,3,6,8-9,11H2,1H3,(H,24,25). The molecule has 0 saturated heterocycles. The predicted molar refractivity (Wildman–Crippen MR) is 111 cm³/mol. The molecule has 0 bridgehead atoms. The maximum Gasteiger partial charge on any atom is 0.142 e. The van der Waals surface area contributed by atoms with E-state index in [1.54, 1.807) is 6.07 Å². The average Bonchev–Trinajstić information content (AvgIpc) is 2.95. The molecule has 0 amide bonds. The number of benzene rings is 1. The van der Waals surface area contributed by atoms with Crippen LogP contribution in [-0.2, 0) is 24.6 Å². The molecule has 2 aromatic heterocycles. The summed E-state index contributed by atoms with van der Waals surface area (Å²) in [5, 5.41) is 4.27. The molecule has 3 aromatic rings. The van der Waals surface area contributed by atoms with Crippen molar-refractivity contribution in [2.45, 2.75) is 25.4 Å². The number of nitrogens with one attached hydrogen (secondary N) is 1. The molecule has 1 aliphatic carbocycles. The highest BCUT2D eigenvalue weighted by atomic mass is 127. The van der Waals surface area contributed by atoms with Gasteiger partial charge in [0.2, 0.25) is 0 Å². The molecule has 1 unspecified atom stereocenters. The Balaban J connectivity index is 1.63. The van der Waals surface area contributed by atoms with Crippen LogP contribution in [0.2, 0.25) is 0 Å². The summed E-state index contributed by atoms with van der Waals surface area (Å²) in [5.41, 5.74) is 4.05. The molecule has 2 heterocycles. The molecule has 0 fully saturated rings. The minimum absolute atomic E-state index is 0.0615. The van der Waals surface area contributed by atoms with E-state index in [-0.39, 0.29) is 18.5 Å². The molecule has 0 radical (unpaired) electrons. The van der Waals surface area contributed by atoms with Crippen molar-refractivity contribution in [1.29, 1.82) is 0 Å². The third-order valence-electron chi connectivity index (χ3n) is 5.03. The molecule has 1 aromatic carbocycles. The van der Waals surface area contributed by atoms with Crippen LogP contribution in [0, 0.1) is 9.39 Å². The van der Waals surface area contributed by atoms with Crippen molar-refractivity contribution in [2.24, 2.45) is 7.05 Å².